The Morgan fingerprint density at radius 1 is 0.525 bits per heavy atom. The normalized spacial score (nSPS) is 12.5. The number of benzene rings is 5. The predicted molar refractivity (Wildman–Crippen MR) is 242 cm³/mol. The zero-order chi connectivity index (χ0) is 41.3. The minimum Gasteiger partial charge on any atom is -0.458 e. The summed E-state index contributed by atoms with van der Waals surface area (Å²) < 4.78 is 13.2. The second-order valence-electron chi connectivity index (χ2n) is 18.7. The van der Waals surface area contributed by atoms with Crippen molar-refractivity contribution in [2.24, 2.45) is 0 Å². The van der Waals surface area contributed by atoms with Crippen molar-refractivity contribution in [3.63, 3.8) is 0 Å². The number of aromatic nitrogens is 5. The highest BCUT2D eigenvalue weighted by molar-refractivity contribution is 6.16. The van der Waals surface area contributed by atoms with E-state index in [1.165, 1.54) is 33.2 Å². The Kier molecular flexibility index (Phi) is 9.08. The van der Waals surface area contributed by atoms with E-state index in [0.717, 1.165) is 44.7 Å². The first-order chi connectivity index (χ1) is 28.1. The smallest absolute Gasteiger partial charge is 0.271 e. The molecule has 0 N–H and O–H groups in total. The third-order valence-electron chi connectivity index (χ3n) is 11.3. The van der Waals surface area contributed by atoms with Crippen molar-refractivity contribution in [1.82, 2.24) is 19.1 Å². The SMILES string of the molecule is CC(C)(C)c1cc(-[n+]2[c-]n(-c3cc(Oc4ccc5c6c(-c7ccccc7)cccc6n(-c6cc(C(C)(C)C)ccn6)c5c4)ccn3)c3ccccc32)cc(C(C)(C)C)c1. The molecule has 0 fully saturated rings. The van der Waals surface area contributed by atoms with Gasteiger partial charge in [0, 0.05) is 35.3 Å². The lowest BCUT2D eigenvalue weighted by atomic mass is 9.80. The van der Waals surface area contributed by atoms with Gasteiger partial charge in [-0.1, -0.05) is 135 Å². The van der Waals surface area contributed by atoms with Gasteiger partial charge in [-0.05, 0) is 92.6 Å². The third kappa shape index (κ3) is 7.07. The first-order valence-corrected chi connectivity index (χ1v) is 20.5. The average Bonchev–Trinajstić information content (AvgIpc) is 3.76. The highest BCUT2D eigenvalue weighted by Crippen LogP contribution is 2.41. The van der Waals surface area contributed by atoms with E-state index in [0.29, 0.717) is 11.6 Å². The van der Waals surface area contributed by atoms with E-state index in [1.807, 2.05) is 22.9 Å². The Morgan fingerprint density at radius 2 is 1.17 bits per heavy atom. The number of hydrogen-bond donors (Lipinski definition) is 0. The van der Waals surface area contributed by atoms with E-state index in [2.05, 4.69) is 199 Å². The van der Waals surface area contributed by atoms with Gasteiger partial charge in [0.05, 0.1) is 27.8 Å². The van der Waals surface area contributed by atoms with Gasteiger partial charge in [0.1, 0.15) is 17.3 Å². The zero-order valence-corrected chi connectivity index (χ0v) is 35.5. The van der Waals surface area contributed by atoms with Gasteiger partial charge < -0.3 is 4.74 Å². The molecule has 4 aromatic heterocycles. The molecule has 0 bridgehead atoms. The standard InChI is InChI=1S/C53H51N5O/c1-51(2,3)36-24-26-55-49(31-36)58-46-21-15-18-42(35-16-11-10-12-17-35)50(46)43-23-22-40(32-47(43)58)59-41-25-27-54-48(33-41)57-34-56(44-19-13-14-20-45(44)57)39-29-37(52(4,5)6)28-38(30-39)53(7,8)9/h10-33H,1-9H3. The molecule has 9 aromatic rings. The Bertz CT molecular complexity index is 2990. The van der Waals surface area contributed by atoms with Gasteiger partial charge in [0.2, 0.25) is 0 Å². The van der Waals surface area contributed by atoms with Crippen LogP contribution in [0.2, 0.25) is 0 Å². The number of fused-ring (bicyclic) bond motifs is 4. The Hall–Kier alpha value is -6.53. The van der Waals surface area contributed by atoms with Gasteiger partial charge in [-0.15, -0.1) is 0 Å². The molecule has 0 aliphatic rings. The van der Waals surface area contributed by atoms with E-state index in [9.17, 15) is 0 Å². The van der Waals surface area contributed by atoms with Crippen LogP contribution in [0, 0.1) is 6.33 Å². The van der Waals surface area contributed by atoms with Gasteiger partial charge in [0.25, 0.3) is 6.33 Å². The number of rotatable bonds is 6. The molecule has 0 saturated heterocycles. The van der Waals surface area contributed by atoms with Crippen LogP contribution in [-0.4, -0.2) is 19.1 Å². The summed E-state index contributed by atoms with van der Waals surface area (Å²) in [6.45, 7) is 20.3. The highest BCUT2D eigenvalue weighted by atomic mass is 16.5. The van der Waals surface area contributed by atoms with Gasteiger partial charge >= 0.3 is 0 Å². The van der Waals surface area contributed by atoms with Crippen LogP contribution in [-0.2, 0) is 16.2 Å². The molecular formula is C53H51N5O. The van der Waals surface area contributed by atoms with Crippen molar-refractivity contribution in [3.8, 4) is 39.9 Å². The van der Waals surface area contributed by atoms with Crippen molar-refractivity contribution in [1.29, 1.82) is 0 Å². The van der Waals surface area contributed by atoms with Crippen LogP contribution in [0.1, 0.15) is 79.0 Å². The number of nitrogens with zero attached hydrogens (tertiary/aromatic N) is 5. The minimum absolute atomic E-state index is 0.0172. The highest BCUT2D eigenvalue weighted by Gasteiger charge is 2.24. The third-order valence-corrected chi connectivity index (χ3v) is 11.3. The summed E-state index contributed by atoms with van der Waals surface area (Å²) in [6.07, 6.45) is 7.40. The fourth-order valence-electron chi connectivity index (χ4n) is 7.97. The van der Waals surface area contributed by atoms with Gasteiger partial charge in [-0.3, -0.25) is 18.7 Å². The fourth-order valence-corrected chi connectivity index (χ4v) is 7.97. The number of imidazole rings is 1. The van der Waals surface area contributed by atoms with Crippen molar-refractivity contribution >= 4 is 32.8 Å². The first kappa shape index (κ1) is 38.0. The number of para-hydroxylation sites is 2. The van der Waals surface area contributed by atoms with Crippen LogP contribution in [0.5, 0.6) is 11.5 Å². The maximum absolute atomic E-state index is 6.73. The molecular weight excluding hydrogens is 723 g/mol. The van der Waals surface area contributed by atoms with Crippen LogP contribution < -0.4 is 9.30 Å². The fraction of sp³-hybridized carbons (Fsp3) is 0.226. The van der Waals surface area contributed by atoms with Crippen molar-refractivity contribution in [2.45, 2.75) is 78.6 Å². The van der Waals surface area contributed by atoms with Gasteiger partial charge in [0.15, 0.2) is 5.82 Å². The van der Waals surface area contributed by atoms with Crippen LogP contribution in [0.25, 0.3) is 61.3 Å². The van der Waals surface area contributed by atoms with Crippen LogP contribution in [0.3, 0.4) is 0 Å². The van der Waals surface area contributed by atoms with E-state index in [4.69, 9.17) is 14.7 Å². The molecule has 4 heterocycles. The molecule has 0 unspecified atom stereocenters. The van der Waals surface area contributed by atoms with Crippen LogP contribution in [0.15, 0.2) is 146 Å². The Labute approximate surface area is 347 Å². The topological polar surface area (TPSA) is 48.8 Å². The summed E-state index contributed by atoms with van der Waals surface area (Å²) >= 11 is 0. The zero-order valence-electron chi connectivity index (χ0n) is 35.5. The summed E-state index contributed by atoms with van der Waals surface area (Å²) in [5.41, 5.74) is 11.3. The number of hydrogen-bond acceptors (Lipinski definition) is 3. The molecule has 294 valence electrons. The predicted octanol–water partition coefficient (Wildman–Crippen LogP) is 12.9. The quantitative estimate of drug-likeness (QED) is 0.125. The monoisotopic (exact) mass is 773 g/mol. The molecule has 0 spiro atoms. The van der Waals surface area contributed by atoms with Crippen LogP contribution >= 0.6 is 0 Å². The Morgan fingerprint density at radius 3 is 1.90 bits per heavy atom. The lowest BCUT2D eigenvalue weighted by Crippen LogP contribution is -2.31. The maximum atomic E-state index is 6.73. The Balaban J connectivity index is 1.16. The second-order valence-corrected chi connectivity index (χ2v) is 18.7. The lowest BCUT2D eigenvalue weighted by molar-refractivity contribution is -0.572. The molecule has 0 amide bonds. The molecule has 5 aromatic carbocycles. The number of pyridine rings is 2. The van der Waals surface area contributed by atoms with E-state index in [1.54, 1.807) is 6.20 Å². The molecule has 0 radical (unpaired) electrons. The van der Waals surface area contributed by atoms with E-state index < -0.39 is 0 Å². The van der Waals surface area contributed by atoms with Crippen molar-refractivity contribution < 1.29 is 9.30 Å². The molecule has 6 nitrogen and oxygen atoms in total. The molecule has 59 heavy (non-hydrogen) atoms. The molecule has 0 aliphatic heterocycles. The summed E-state index contributed by atoms with van der Waals surface area (Å²) in [6, 6.07) is 47.1. The van der Waals surface area contributed by atoms with E-state index >= 15 is 0 Å². The molecule has 6 heteroatoms. The molecule has 0 saturated carbocycles. The molecule has 9 rings (SSSR count). The average molecular weight is 774 g/mol. The first-order valence-electron chi connectivity index (χ1n) is 20.5. The van der Waals surface area contributed by atoms with Crippen molar-refractivity contribution in [3.05, 3.63) is 169 Å². The maximum Gasteiger partial charge on any atom is 0.271 e. The largest absolute Gasteiger partial charge is 0.458 e. The lowest BCUT2D eigenvalue weighted by Gasteiger charge is -2.26. The minimum atomic E-state index is -0.0352. The van der Waals surface area contributed by atoms with E-state index in [-0.39, 0.29) is 16.2 Å². The van der Waals surface area contributed by atoms with Gasteiger partial charge in [-0.2, -0.15) is 0 Å². The molecule has 0 atom stereocenters. The van der Waals surface area contributed by atoms with Crippen molar-refractivity contribution in [2.75, 3.05) is 0 Å². The van der Waals surface area contributed by atoms with Gasteiger partial charge in [-0.25, -0.2) is 4.98 Å². The molecule has 0 aliphatic carbocycles. The summed E-state index contributed by atoms with van der Waals surface area (Å²) in [5, 5.41) is 2.31. The van der Waals surface area contributed by atoms with Crippen LogP contribution in [0.4, 0.5) is 0 Å². The second kappa shape index (κ2) is 14.1. The summed E-state index contributed by atoms with van der Waals surface area (Å²) in [7, 11) is 0. The summed E-state index contributed by atoms with van der Waals surface area (Å²) in [5.74, 6) is 2.98. The number of ether oxygens (including phenoxy) is 1. The summed E-state index contributed by atoms with van der Waals surface area (Å²) in [4.78, 5) is 9.79.